The summed E-state index contributed by atoms with van der Waals surface area (Å²) in [5, 5.41) is 0. The summed E-state index contributed by atoms with van der Waals surface area (Å²) >= 11 is 0. The summed E-state index contributed by atoms with van der Waals surface area (Å²) in [5.74, 6) is 1.27. The third kappa shape index (κ3) is 14.5. The molecule has 0 heterocycles. The van der Waals surface area contributed by atoms with E-state index in [1.807, 2.05) is 13.8 Å². The maximum absolute atomic E-state index is 11.0. The standard InChI is InChI=1S/C9H18O.3CH4/c1-7(2)5-6-9(10)8(3)4;;;/h7-8H,5-6H2,1-4H3;3*1H4. The molecule has 0 atom stereocenters. The van der Waals surface area contributed by atoms with E-state index >= 15 is 0 Å². The zero-order chi connectivity index (χ0) is 8.15. The Morgan fingerprint density at radius 1 is 1.00 bits per heavy atom. The largest absolute Gasteiger partial charge is 0.299 e. The maximum Gasteiger partial charge on any atom is 0.135 e. The SMILES string of the molecule is C.C.C.CC(C)CCC(=O)C(C)C. The van der Waals surface area contributed by atoms with Gasteiger partial charge in [-0.15, -0.1) is 0 Å². The molecule has 0 bridgehead atoms. The summed E-state index contributed by atoms with van der Waals surface area (Å²) in [6, 6.07) is 0. The highest BCUT2D eigenvalue weighted by atomic mass is 16.1. The van der Waals surface area contributed by atoms with Crippen molar-refractivity contribution in [3.63, 3.8) is 0 Å². The normalized spacial score (nSPS) is 8.46. The van der Waals surface area contributed by atoms with Crippen LogP contribution in [0.2, 0.25) is 0 Å². The van der Waals surface area contributed by atoms with Crippen LogP contribution in [0.3, 0.4) is 0 Å². The summed E-state index contributed by atoms with van der Waals surface area (Å²) < 4.78 is 0. The fourth-order valence-corrected chi connectivity index (χ4v) is 0.720. The highest BCUT2D eigenvalue weighted by molar-refractivity contribution is 5.80. The van der Waals surface area contributed by atoms with Crippen LogP contribution in [0.15, 0.2) is 0 Å². The molecule has 0 saturated carbocycles. The molecule has 0 aromatic carbocycles. The molecular formula is C12H30O. The molecule has 0 N–H and O–H groups in total. The zero-order valence-electron chi connectivity index (χ0n) is 7.48. The van der Waals surface area contributed by atoms with Crippen LogP contribution in [0.4, 0.5) is 0 Å². The molecule has 0 fully saturated rings. The van der Waals surface area contributed by atoms with Crippen molar-refractivity contribution in [3.8, 4) is 0 Å². The van der Waals surface area contributed by atoms with Crippen molar-refractivity contribution in [2.75, 3.05) is 0 Å². The molecule has 1 heteroatoms. The van der Waals surface area contributed by atoms with Gasteiger partial charge in [0, 0.05) is 12.3 Å². The average molecular weight is 190 g/mol. The van der Waals surface area contributed by atoms with Gasteiger partial charge >= 0.3 is 0 Å². The molecule has 0 amide bonds. The van der Waals surface area contributed by atoms with E-state index in [2.05, 4.69) is 13.8 Å². The summed E-state index contributed by atoms with van der Waals surface area (Å²) in [7, 11) is 0. The van der Waals surface area contributed by atoms with Gasteiger partial charge in [0.1, 0.15) is 5.78 Å². The van der Waals surface area contributed by atoms with E-state index in [1.165, 1.54) is 0 Å². The Morgan fingerprint density at radius 2 is 1.38 bits per heavy atom. The first-order valence-corrected chi connectivity index (χ1v) is 4.06. The first kappa shape index (κ1) is 23.0. The molecular weight excluding hydrogens is 160 g/mol. The van der Waals surface area contributed by atoms with Crippen LogP contribution in [-0.2, 0) is 4.79 Å². The van der Waals surface area contributed by atoms with Crippen LogP contribution in [0, 0.1) is 11.8 Å². The van der Waals surface area contributed by atoms with Crippen molar-refractivity contribution >= 4 is 5.78 Å². The summed E-state index contributed by atoms with van der Waals surface area (Å²) in [5.41, 5.74) is 0. The predicted octanol–water partition coefficient (Wildman–Crippen LogP) is 4.56. The predicted molar refractivity (Wildman–Crippen MR) is 64.1 cm³/mol. The molecule has 0 aromatic heterocycles. The zero-order valence-corrected chi connectivity index (χ0v) is 7.48. The first-order valence-electron chi connectivity index (χ1n) is 4.06. The fourth-order valence-electron chi connectivity index (χ4n) is 0.720. The quantitative estimate of drug-likeness (QED) is 0.635. The van der Waals surface area contributed by atoms with Gasteiger partial charge in [-0.3, -0.25) is 4.79 Å². The van der Waals surface area contributed by atoms with Gasteiger partial charge in [-0.1, -0.05) is 50.0 Å². The van der Waals surface area contributed by atoms with Crippen molar-refractivity contribution in [2.45, 2.75) is 62.8 Å². The van der Waals surface area contributed by atoms with Crippen LogP contribution >= 0.6 is 0 Å². The minimum absolute atomic E-state index is 0. The van der Waals surface area contributed by atoms with Gasteiger partial charge in [0.05, 0.1) is 0 Å². The third-order valence-corrected chi connectivity index (χ3v) is 1.61. The lowest BCUT2D eigenvalue weighted by molar-refractivity contribution is -0.122. The van der Waals surface area contributed by atoms with Crippen molar-refractivity contribution < 1.29 is 4.79 Å². The van der Waals surface area contributed by atoms with Crippen molar-refractivity contribution in [2.24, 2.45) is 11.8 Å². The Labute approximate surface area is 85.9 Å². The Balaban J connectivity index is -0.000000135. The highest BCUT2D eigenvalue weighted by Gasteiger charge is 2.06. The van der Waals surface area contributed by atoms with Crippen LogP contribution in [0.5, 0.6) is 0 Å². The molecule has 0 saturated heterocycles. The number of hydrogen-bond donors (Lipinski definition) is 0. The van der Waals surface area contributed by atoms with Gasteiger partial charge in [0.2, 0.25) is 0 Å². The molecule has 0 aliphatic rings. The van der Waals surface area contributed by atoms with Gasteiger partial charge in [0.15, 0.2) is 0 Å². The van der Waals surface area contributed by atoms with E-state index < -0.39 is 0 Å². The minimum Gasteiger partial charge on any atom is -0.299 e. The lowest BCUT2D eigenvalue weighted by Gasteiger charge is -2.05. The average Bonchev–Trinajstić information content (AvgIpc) is 1.82. The molecule has 0 radical (unpaired) electrons. The van der Waals surface area contributed by atoms with Crippen molar-refractivity contribution in [3.05, 3.63) is 0 Å². The number of Topliss-reactive ketones (excluding diaryl/α,β-unsaturated/α-hetero) is 1. The second-order valence-electron chi connectivity index (χ2n) is 3.55. The molecule has 0 aromatic rings. The number of rotatable bonds is 4. The van der Waals surface area contributed by atoms with E-state index in [4.69, 9.17) is 0 Å². The van der Waals surface area contributed by atoms with Gasteiger partial charge in [-0.2, -0.15) is 0 Å². The molecule has 84 valence electrons. The monoisotopic (exact) mass is 190 g/mol. The van der Waals surface area contributed by atoms with E-state index in [9.17, 15) is 4.79 Å². The van der Waals surface area contributed by atoms with Gasteiger partial charge < -0.3 is 0 Å². The summed E-state index contributed by atoms with van der Waals surface area (Å²) in [6.07, 6.45) is 1.80. The Morgan fingerprint density at radius 3 is 1.62 bits per heavy atom. The topological polar surface area (TPSA) is 17.1 Å². The number of carbonyl (C=O) groups is 1. The highest BCUT2D eigenvalue weighted by Crippen LogP contribution is 2.07. The number of hydrogen-bond acceptors (Lipinski definition) is 1. The molecule has 0 rings (SSSR count). The van der Waals surface area contributed by atoms with Crippen molar-refractivity contribution in [1.29, 1.82) is 0 Å². The van der Waals surface area contributed by atoms with Gasteiger partial charge in [-0.05, 0) is 12.3 Å². The van der Waals surface area contributed by atoms with Crippen LogP contribution in [0.1, 0.15) is 62.8 Å². The van der Waals surface area contributed by atoms with Crippen LogP contribution in [0.25, 0.3) is 0 Å². The molecule has 0 unspecified atom stereocenters. The smallest absolute Gasteiger partial charge is 0.135 e. The summed E-state index contributed by atoms with van der Waals surface area (Å²) in [4.78, 5) is 11.0. The summed E-state index contributed by atoms with van der Waals surface area (Å²) in [6.45, 7) is 8.21. The van der Waals surface area contributed by atoms with E-state index in [1.54, 1.807) is 0 Å². The Hall–Kier alpha value is -0.330. The Bertz CT molecular complexity index is 104. The second kappa shape index (κ2) is 11.7. The number of carbonyl (C=O) groups excluding carboxylic acids is 1. The Kier molecular flexibility index (Phi) is 20.6. The molecule has 0 aliphatic heterocycles. The van der Waals surface area contributed by atoms with Crippen LogP contribution < -0.4 is 0 Å². The second-order valence-corrected chi connectivity index (χ2v) is 3.55. The van der Waals surface area contributed by atoms with E-state index in [-0.39, 0.29) is 28.2 Å². The van der Waals surface area contributed by atoms with E-state index in [0.717, 1.165) is 12.8 Å². The maximum atomic E-state index is 11.0. The molecule has 1 nitrogen and oxygen atoms in total. The first-order chi connectivity index (χ1) is 4.54. The van der Waals surface area contributed by atoms with E-state index in [0.29, 0.717) is 11.7 Å². The lowest BCUT2D eigenvalue weighted by atomic mass is 10.00. The minimum atomic E-state index is 0. The molecule has 13 heavy (non-hydrogen) atoms. The van der Waals surface area contributed by atoms with Crippen LogP contribution in [-0.4, -0.2) is 5.78 Å². The van der Waals surface area contributed by atoms with Gasteiger partial charge in [0.25, 0.3) is 0 Å². The molecule has 0 aliphatic carbocycles. The molecule has 0 spiro atoms. The van der Waals surface area contributed by atoms with Crippen molar-refractivity contribution in [1.82, 2.24) is 0 Å². The third-order valence-electron chi connectivity index (χ3n) is 1.61. The van der Waals surface area contributed by atoms with Gasteiger partial charge in [-0.25, -0.2) is 0 Å². The fraction of sp³-hybridized carbons (Fsp3) is 0.917. The lowest BCUT2D eigenvalue weighted by Crippen LogP contribution is -2.07. The number of ketones is 1.